The fraction of sp³-hybridized carbons (Fsp3) is 1.00. The summed E-state index contributed by atoms with van der Waals surface area (Å²) < 4.78 is -0.0162. The summed E-state index contributed by atoms with van der Waals surface area (Å²) in [6, 6.07) is 0. The lowest BCUT2D eigenvalue weighted by Gasteiger charge is -2.40. The maximum Gasteiger partial charge on any atom is 0.0904 e. The van der Waals surface area contributed by atoms with Crippen molar-refractivity contribution in [3.05, 3.63) is 0 Å². The Balaban J connectivity index is 2.22. The predicted molar refractivity (Wildman–Crippen MR) is 96.9 cm³/mol. The lowest BCUT2D eigenvalue weighted by atomic mass is 9.91. The molecular weight excluding hydrogens is 612 g/mol. The van der Waals surface area contributed by atoms with Crippen LogP contribution in [0.2, 0.25) is 0 Å². The van der Waals surface area contributed by atoms with Gasteiger partial charge in [-0.25, -0.2) is 0 Å². The molecule has 4 unspecified atom stereocenters. The third-order valence-electron chi connectivity index (χ3n) is 3.88. The molecule has 0 aliphatic heterocycles. The van der Waals surface area contributed by atoms with Gasteiger partial charge in [-0.2, -0.15) is 0 Å². The summed E-state index contributed by atoms with van der Waals surface area (Å²) in [5, 5.41) is 0. The number of halogens is 6. The largest absolute Gasteiger partial charge is 0.0904 e. The van der Waals surface area contributed by atoms with Gasteiger partial charge in [-0.15, -0.1) is 0 Å². The minimum Gasteiger partial charge on any atom is -0.0886 e. The molecule has 0 nitrogen and oxygen atoms in total. The summed E-state index contributed by atoms with van der Waals surface area (Å²) >= 11 is 23.4. The van der Waals surface area contributed by atoms with Crippen LogP contribution >= 0.6 is 95.6 Å². The Hall–Kier alpha value is 2.88. The first-order valence-electron chi connectivity index (χ1n) is 5.79. The Bertz CT molecular complexity index is 235. The van der Waals surface area contributed by atoms with Crippen molar-refractivity contribution in [3.8, 4) is 0 Å². The average Bonchev–Trinajstić information content (AvgIpc) is 2.71. The van der Waals surface area contributed by atoms with Crippen LogP contribution in [0.15, 0.2) is 0 Å². The van der Waals surface area contributed by atoms with Gasteiger partial charge in [-0.3, -0.25) is 0 Å². The third kappa shape index (κ3) is 3.22. The molecule has 2 aliphatic carbocycles. The molecule has 2 aliphatic rings. The Kier molecular flexibility index (Phi) is 6.05. The van der Waals surface area contributed by atoms with E-state index in [0.717, 1.165) is 0 Å². The molecule has 0 spiro atoms. The second-order valence-corrected chi connectivity index (χ2v) is 13.3. The quantitative estimate of drug-likeness (QED) is 0.314. The fourth-order valence-corrected chi connectivity index (χ4v) is 13.4. The highest BCUT2D eigenvalue weighted by Gasteiger charge is 2.55. The van der Waals surface area contributed by atoms with Crippen LogP contribution in [0.1, 0.15) is 25.7 Å². The number of rotatable bonds is 2. The van der Waals surface area contributed by atoms with Crippen molar-refractivity contribution in [2.45, 2.75) is 48.2 Å². The maximum absolute atomic E-state index is 3.99. The van der Waals surface area contributed by atoms with Crippen molar-refractivity contribution in [2.24, 2.45) is 11.8 Å². The summed E-state index contributed by atoms with van der Waals surface area (Å²) in [4.78, 5) is 2.30. The standard InChI is InChI=1S/C11H14Br6/c12-5-1-2-6(13)9(5)11(16,17)10-7(14)3-4-8(10)15/h5-10H,1-4H2. The molecule has 0 bridgehead atoms. The Morgan fingerprint density at radius 1 is 0.588 bits per heavy atom. The van der Waals surface area contributed by atoms with Crippen molar-refractivity contribution in [2.75, 3.05) is 0 Å². The highest BCUT2D eigenvalue weighted by molar-refractivity contribution is 9.25. The fourth-order valence-electron chi connectivity index (χ4n) is 2.99. The van der Waals surface area contributed by atoms with E-state index in [2.05, 4.69) is 95.6 Å². The summed E-state index contributed by atoms with van der Waals surface area (Å²) in [6.45, 7) is 0. The van der Waals surface area contributed by atoms with E-state index in [-0.39, 0.29) is 3.23 Å². The Morgan fingerprint density at radius 3 is 1.06 bits per heavy atom. The molecule has 0 saturated heterocycles. The molecule has 2 fully saturated rings. The minimum atomic E-state index is -0.0162. The van der Waals surface area contributed by atoms with Gasteiger partial charge in [-0.05, 0) is 25.7 Å². The van der Waals surface area contributed by atoms with Crippen LogP contribution in [0.25, 0.3) is 0 Å². The van der Waals surface area contributed by atoms with E-state index in [1.54, 1.807) is 0 Å². The zero-order valence-electron chi connectivity index (χ0n) is 9.06. The number of hydrogen-bond acceptors (Lipinski definition) is 0. The Labute approximate surface area is 154 Å². The maximum atomic E-state index is 3.99. The van der Waals surface area contributed by atoms with Crippen LogP contribution in [0, 0.1) is 11.8 Å². The normalized spacial score (nSPS) is 47.6. The van der Waals surface area contributed by atoms with Gasteiger partial charge in [0.05, 0.1) is 3.23 Å². The molecule has 0 aromatic rings. The lowest BCUT2D eigenvalue weighted by Crippen LogP contribution is -2.44. The van der Waals surface area contributed by atoms with Crippen LogP contribution in [0.5, 0.6) is 0 Å². The molecule has 2 saturated carbocycles. The van der Waals surface area contributed by atoms with E-state index < -0.39 is 0 Å². The first-order valence-corrected chi connectivity index (χ1v) is 11.0. The number of alkyl halides is 6. The number of hydrogen-bond donors (Lipinski definition) is 0. The Morgan fingerprint density at radius 2 is 0.824 bits per heavy atom. The summed E-state index contributed by atoms with van der Waals surface area (Å²) in [6.07, 6.45) is 4.97. The molecule has 0 aromatic heterocycles. The van der Waals surface area contributed by atoms with Crippen LogP contribution in [0.3, 0.4) is 0 Å². The van der Waals surface area contributed by atoms with E-state index in [0.29, 0.717) is 31.1 Å². The van der Waals surface area contributed by atoms with E-state index in [4.69, 9.17) is 0 Å². The molecule has 4 atom stereocenters. The molecule has 100 valence electrons. The van der Waals surface area contributed by atoms with Gasteiger partial charge in [0.25, 0.3) is 0 Å². The minimum absolute atomic E-state index is 0.0162. The molecule has 0 heterocycles. The van der Waals surface area contributed by atoms with Gasteiger partial charge < -0.3 is 0 Å². The zero-order chi connectivity index (χ0) is 12.8. The zero-order valence-corrected chi connectivity index (χ0v) is 18.6. The highest BCUT2D eigenvalue weighted by atomic mass is 79.9. The third-order valence-corrected chi connectivity index (χ3v) is 10.1. The average molecular weight is 626 g/mol. The molecule has 0 radical (unpaired) electrons. The summed E-state index contributed by atoms with van der Waals surface area (Å²) in [5.74, 6) is 1.12. The molecular formula is C11H14Br6. The van der Waals surface area contributed by atoms with E-state index in [1.165, 1.54) is 25.7 Å². The van der Waals surface area contributed by atoms with Crippen LogP contribution in [-0.2, 0) is 0 Å². The summed E-state index contributed by atoms with van der Waals surface area (Å²) in [5.41, 5.74) is 0. The van der Waals surface area contributed by atoms with Crippen LogP contribution < -0.4 is 0 Å². The van der Waals surface area contributed by atoms with Crippen LogP contribution in [-0.4, -0.2) is 22.5 Å². The van der Waals surface area contributed by atoms with Crippen molar-refractivity contribution in [3.63, 3.8) is 0 Å². The van der Waals surface area contributed by atoms with Crippen molar-refractivity contribution in [1.82, 2.24) is 0 Å². The van der Waals surface area contributed by atoms with Gasteiger partial charge in [0.15, 0.2) is 0 Å². The van der Waals surface area contributed by atoms with Crippen molar-refractivity contribution < 1.29 is 0 Å². The first-order chi connectivity index (χ1) is 7.85. The monoisotopic (exact) mass is 620 g/mol. The van der Waals surface area contributed by atoms with E-state index in [9.17, 15) is 0 Å². The summed E-state index contributed by atoms with van der Waals surface area (Å²) in [7, 11) is 0. The molecule has 0 amide bonds. The van der Waals surface area contributed by atoms with Crippen molar-refractivity contribution >= 4 is 95.6 Å². The van der Waals surface area contributed by atoms with Crippen LogP contribution in [0.4, 0.5) is 0 Å². The molecule has 0 N–H and O–H groups in total. The SMILES string of the molecule is BrC1CCC(Br)C1C(Br)(Br)C1C(Br)CCC1Br. The molecule has 17 heavy (non-hydrogen) atoms. The van der Waals surface area contributed by atoms with Gasteiger partial charge in [0.1, 0.15) is 0 Å². The molecule has 0 aromatic carbocycles. The van der Waals surface area contributed by atoms with Gasteiger partial charge >= 0.3 is 0 Å². The van der Waals surface area contributed by atoms with Gasteiger partial charge in [0, 0.05) is 31.1 Å². The smallest absolute Gasteiger partial charge is 0.0886 e. The van der Waals surface area contributed by atoms with E-state index in [1.807, 2.05) is 0 Å². The highest BCUT2D eigenvalue weighted by Crippen LogP contribution is 2.58. The second kappa shape index (κ2) is 6.33. The lowest BCUT2D eigenvalue weighted by molar-refractivity contribution is 0.412. The van der Waals surface area contributed by atoms with Gasteiger partial charge in [-0.1, -0.05) is 95.6 Å². The molecule has 2 rings (SSSR count). The first kappa shape index (κ1) is 16.3. The molecule has 6 heteroatoms. The predicted octanol–water partition coefficient (Wildman–Crippen LogP) is 6.35. The van der Waals surface area contributed by atoms with Crippen molar-refractivity contribution in [1.29, 1.82) is 0 Å². The second-order valence-electron chi connectivity index (χ2n) is 4.94. The van der Waals surface area contributed by atoms with Gasteiger partial charge in [0.2, 0.25) is 0 Å². The topological polar surface area (TPSA) is 0 Å². The van der Waals surface area contributed by atoms with E-state index >= 15 is 0 Å².